The van der Waals surface area contributed by atoms with Crippen molar-refractivity contribution in [1.29, 1.82) is 0 Å². The van der Waals surface area contributed by atoms with E-state index in [-0.39, 0.29) is 11.8 Å². The van der Waals surface area contributed by atoms with Crippen molar-refractivity contribution >= 4 is 40.4 Å². The smallest absolute Gasteiger partial charge is 0.273 e. The number of ether oxygens (including phenoxy) is 1. The number of piperazine rings is 1. The van der Waals surface area contributed by atoms with Crippen molar-refractivity contribution in [2.45, 2.75) is 26.4 Å². The molecule has 4 aromatic rings. The van der Waals surface area contributed by atoms with E-state index in [2.05, 4.69) is 16.4 Å². The minimum absolute atomic E-state index is 0.0423. The fourth-order valence-corrected chi connectivity index (χ4v) is 6.08. The van der Waals surface area contributed by atoms with Crippen LogP contribution in [0.25, 0.3) is 0 Å². The first-order valence-electron chi connectivity index (χ1n) is 13.8. The van der Waals surface area contributed by atoms with Crippen molar-refractivity contribution in [1.82, 2.24) is 19.4 Å². The lowest BCUT2D eigenvalue weighted by Gasteiger charge is -2.36. The molecule has 5 rings (SSSR count). The largest absolute Gasteiger partial charge is 0.495 e. The third-order valence-corrected chi connectivity index (χ3v) is 8.39. The fraction of sp³-hybridized carbons (Fsp3) is 0.323. The number of nitrogens with zero attached hydrogens (tertiary/aromatic N) is 5. The summed E-state index contributed by atoms with van der Waals surface area (Å²) in [6.07, 6.45) is 2.82. The molecule has 2 aromatic heterocycles. The molecule has 0 bridgehead atoms. The Balaban J connectivity index is 1.22. The van der Waals surface area contributed by atoms with Gasteiger partial charge in [-0.1, -0.05) is 42.8 Å². The van der Waals surface area contributed by atoms with Crippen molar-refractivity contribution in [3.05, 3.63) is 99.2 Å². The van der Waals surface area contributed by atoms with Gasteiger partial charge in [0.2, 0.25) is 0 Å². The summed E-state index contributed by atoms with van der Waals surface area (Å²) in [6.45, 7) is 6.37. The van der Waals surface area contributed by atoms with Gasteiger partial charge in [-0.05, 0) is 42.8 Å². The Morgan fingerprint density at radius 2 is 1.78 bits per heavy atom. The van der Waals surface area contributed by atoms with Crippen molar-refractivity contribution in [2.24, 2.45) is 0 Å². The molecular weight excluding hydrogens is 558 g/mol. The molecular formula is C31H34ClN5O3S. The molecule has 1 fully saturated rings. The zero-order valence-electron chi connectivity index (χ0n) is 23.3. The molecule has 0 saturated carbocycles. The number of anilines is 1. The predicted octanol–water partition coefficient (Wildman–Crippen LogP) is 5.67. The molecule has 1 aliphatic heterocycles. The molecule has 3 heterocycles. The van der Waals surface area contributed by atoms with E-state index in [0.717, 1.165) is 41.6 Å². The Morgan fingerprint density at radius 1 is 1.02 bits per heavy atom. The SMILES string of the molecule is CCCN(Cc1cccn1Cc1nc(C(=O)N2CCN(c3ccccc3OC)CC2)cs1)C(=O)c1ccccc1Cl. The minimum atomic E-state index is -0.0851. The second-order valence-electron chi connectivity index (χ2n) is 9.91. The lowest BCUT2D eigenvalue weighted by Crippen LogP contribution is -2.49. The quantitative estimate of drug-likeness (QED) is 0.238. The van der Waals surface area contributed by atoms with E-state index >= 15 is 0 Å². The predicted molar refractivity (Wildman–Crippen MR) is 163 cm³/mol. The molecule has 41 heavy (non-hydrogen) atoms. The molecule has 8 nitrogen and oxygen atoms in total. The van der Waals surface area contributed by atoms with E-state index in [9.17, 15) is 9.59 Å². The van der Waals surface area contributed by atoms with Gasteiger partial charge in [0.25, 0.3) is 11.8 Å². The second-order valence-corrected chi connectivity index (χ2v) is 11.3. The van der Waals surface area contributed by atoms with E-state index < -0.39 is 0 Å². The van der Waals surface area contributed by atoms with Crippen LogP contribution in [0.15, 0.2) is 72.2 Å². The highest BCUT2D eigenvalue weighted by atomic mass is 35.5. The van der Waals surface area contributed by atoms with Gasteiger partial charge < -0.3 is 24.0 Å². The number of aromatic nitrogens is 2. The third kappa shape index (κ3) is 6.57. The molecule has 10 heteroatoms. The summed E-state index contributed by atoms with van der Waals surface area (Å²) in [5.41, 5.74) is 3.03. The molecule has 0 atom stereocenters. The van der Waals surface area contributed by atoms with Crippen LogP contribution in [0, 0.1) is 0 Å². The van der Waals surface area contributed by atoms with Gasteiger partial charge >= 0.3 is 0 Å². The number of carbonyl (C=O) groups excluding carboxylic acids is 2. The third-order valence-electron chi connectivity index (χ3n) is 7.23. The molecule has 214 valence electrons. The van der Waals surface area contributed by atoms with Gasteiger partial charge in [-0.15, -0.1) is 11.3 Å². The summed E-state index contributed by atoms with van der Waals surface area (Å²) in [7, 11) is 1.68. The van der Waals surface area contributed by atoms with Crippen LogP contribution in [0.1, 0.15) is 44.9 Å². The Hall–Kier alpha value is -3.82. The lowest BCUT2D eigenvalue weighted by molar-refractivity contribution is 0.0732. The average molecular weight is 592 g/mol. The van der Waals surface area contributed by atoms with Gasteiger partial charge in [0.05, 0.1) is 36.5 Å². The van der Waals surface area contributed by atoms with Crippen LogP contribution in [-0.4, -0.2) is 71.0 Å². The van der Waals surface area contributed by atoms with E-state index in [1.165, 1.54) is 11.3 Å². The molecule has 2 aromatic carbocycles. The van der Waals surface area contributed by atoms with Crippen LogP contribution in [-0.2, 0) is 13.1 Å². The van der Waals surface area contributed by atoms with Crippen molar-refractivity contribution in [3.8, 4) is 5.75 Å². The van der Waals surface area contributed by atoms with Crippen molar-refractivity contribution in [2.75, 3.05) is 44.7 Å². The molecule has 0 aliphatic carbocycles. The molecule has 1 saturated heterocycles. The van der Waals surface area contributed by atoms with Gasteiger partial charge in [0.15, 0.2) is 0 Å². The highest BCUT2D eigenvalue weighted by molar-refractivity contribution is 7.09. The monoisotopic (exact) mass is 591 g/mol. The van der Waals surface area contributed by atoms with Crippen molar-refractivity contribution < 1.29 is 14.3 Å². The van der Waals surface area contributed by atoms with E-state index in [1.807, 2.05) is 69.9 Å². The van der Waals surface area contributed by atoms with Gasteiger partial charge in [-0.2, -0.15) is 0 Å². The zero-order valence-corrected chi connectivity index (χ0v) is 24.9. The van der Waals surface area contributed by atoms with E-state index in [1.54, 1.807) is 19.2 Å². The van der Waals surface area contributed by atoms with Crippen LogP contribution < -0.4 is 9.64 Å². The molecule has 2 amide bonds. The number of para-hydroxylation sites is 2. The van der Waals surface area contributed by atoms with Gasteiger partial charge in [0.1, 0.15) is 16.5 Å². The summed E-state index contributed by atoms with van der Waals surface area (Å²) in [4.78, 5) is 37.2. The Bertz CT molecular complexity index is 1490. The summed E-state index contributed by atoms with van der Waals surface area (Å²) >= 11 is 7.80. The second kappa shape index (κ2) is 13.2. The first-order chi connectivity index (χ1) is 20.0. The van der Waals surface area contributed by atoms with Gasteiger partial charge in [0, 0.05) is 50.0 Å². The van der Waals surface area contributed by atoms with Crippen LogP contribution in [0.3, 0.4) is 0 Å². The van der Waals surface area contributed by atoms with Crippen LogP contribution >= 0.6 is 22.9 Å². The maximum atomic E-state index is 13.3. The molecule has 1 aliphatic rings. The normalized spacial score (nSPS) is 13.3. The summed E-state index contributed by atoms with van der Waals surface area (Å²) in [6, 6.07) is 19.1. The number of carbonyl (C=O) groups is 2. The number of hydrogen-bond donors (Lipinski definition) is 0. The van der Waals surface area contributed by atoms with Gasteiger partial charge in [-0.3, -0.25) is 9.59 Å². The van der Waals surface area contributed by atoms with Gasteiger partial charge in [-0.25, -0.2) is 4.98 Å². The topological polar surface area (TPSA) is 70.9 Å². The van der Waals surface area contributed by atoms with E-state index in [4.69, 9.17) is 21.3 Å². The molecule has 0 spiro atoms. The number of benzene rings is 2. The minimum Gasteiger partial charge on any atom is -0.495 e. The molecule has 0 radical (unpaired) electrons. The summed E-state index contributed by atoms with van der Waals surface area (Å²) < 4.78 is 7.59. The molecule has 0 unspecified atom stereocenters. The summed E-state index contributed by atoms with van der Waals surface area (Å²) in [5, 5.41) is 3.14. The standard InChI is InChI=1S/C31H34ClN5O3S/c1-3-14-37(30(38)24-10-4-5-11-25(24)32)20-23-9-8-15-36(23)21-29-33-26(22-41-29)31(39)35-18-16-34(17-19-35)27-12-6-7-13-28(27)40-2/h4-13,15,22H,3,14,16-21H2,1-2H3. The van der Waals surface area contributed by atoms with Crippen LogP contribution in [0.5, 0.6) is 5.75 Å². The maximum Gasteiger partial charge on any atom is 0.273 e. The lowest BCUT2D eigenvalue weighted by atomic mass is 10.2. The number of methoxy groups -OCH3 is 1. The zero-order chi connectivity index (χ0) is 28.8. The first kappa shape index (κ1) is 28.7. The van der Waals surface area contributed by atoms with E-state index in [0.29, 0.717) is 49.0 Å². The Kier molecular flexibility index (Phi) is 9.26. The number of halogens is 1. The Labute approximate surface area is 249 Å². The van der Waals surface area contributed by atoms with Crippen LogP contribution in [0.2, 0.25) is 5.02 Å². The molecule has 0 N–H and O–H groups in total. The Morgan fingerprint density at radius 3 is 2.54 bits per heavy atom. The van der Waals surface area contributed by atoms with Crippen molar-refractivity contribution in [3.63, 3.8) is 0 Å². The number of hydrogen-bond acceptors (Lipinski definition) is 6. The highest BCUT2D eigenvalue weighted by Gasteiger charge is 2.25. The first-order valence-corrected chi connectivity index (χ1v) is 15.0. The van der Waals surface area contributed by atoms with Crippen LogP contribution in [0.4, 0.5) is 5.69 Å². The number of rotatable bonds is 10. The average Bonchev–Trinajstić information content (AvgIpc) is 3.66. The highest BCUT2D eigenvalue weighted by Crippen LogP contribution is 2.28. The fourth-order valence-electron chi connectivity index (χ4n) is 5.10. The number of amides is 2. The number of thiazole rings is 1. The summed E-state index contributed by atoms with van der Waals surface area (Å²) in [5.74, 6) is 0.712. The maximum absolute atomic E-state index is 13.3.